The van der Waals surface area contributed by atoms with Gasteiger partial charge in [0, 0.05) is 161 Å². The highest BCUT2D eigenvalue weighted by Gasteiger charge is 2.55. The predicted molar refractivity (Wildman–Crippen MR) is 460 cm³/mol. The number of hydrogen-bond acceptors (Lipinski definition) is 35. The van der Waals surface area contributed by atoms with Crippen LogP contribution in [0.25, 0.3) is 0 Å². The number of rotatable bonds is 55. The highest BCUT2D eigenvalue weighted by Crippen LogP contribution is 2.43. The first-order chi connectivity index (χ1) is 62.8. The van der Waals surface area contributed by atoms with Crippen molar-refractivity contribution in [3.63, 3.8) is 0 Å². The van der Waals surface area contributed by atoms with Gasteiger partial charge in [-0.1, -0.05) is 54.6 Å². The summed E-state index contributed by atoms with van der Waals surface area (Å²) in [6.07, 6.45) is -15.2. The molecule has 3 aromatic carbocycles. The van der Waals surface area contributed by atoms with Crippen molar-refractivity contribution in [2.75, 3.05) is 93.2 Å². The van der Waals surface area contributed by atoms with Crippen molar-refractivity contribution in [1.29, 1.82) is 0 Å². The van der Waals surface area contributed by atoms with E-state index in [4.69, 9.17) is 85.3 Å². The zero-order valence-corrected chi connectivity index (χ0v) is 77.4. The highest BCUT2D eigenvalue weighted by atomic mass is 16.7. The summed E-state index contributed by atoms with van der Waals surface area (Å²) in [6.45, 7) is 11.6. The minimum atomic E-state index is -1.83. The van der Waals surface area contributed by atoms with E-state index in [1.54, 1.807) is 29.2 Å². The summed E-state index contributed by atoms with van der Waals surface area (Å²) < 4.78 is 104. The molecule has 41 nitrogen and oxygen atoms in total. The molecule has 3 aliphatic heterocycles. The quantitative estimate of drug-likeness (QED) is 0.0229. The van der Waals surface area contributed by atoms with E-state index in [1.807, 2.05) is 54.6 Å². The molecular weight excluding hydrogens is 1740 g/mol. The lowest BCUT2D eigenvalue weighted by Gasteiger charge is -2.44. The number of Topliss-reactive ketones (excluding diaryl/α,β-unsaturated/α-hetero) is 1. The van der Waals surface area contributed by atoms with Crippen molar-refractivity contribution in [3.8, 4) is 11.5 Å². The number of benzene rings is 3. The van der Waals surface area contributed by atoms with Crippen LogP contribution < -0.4 is 30.7 Å². The molecule has 0 saturated carbocycles. The maximum Gasteiger partial charge on any atom is 0.303 e. The van der Waals surface area contributed by atoms with Gasteiger partial charge in [-0.3, -0.25) is 76.7 Å². The number of carbonyl (C=O) groups excluding carboxylic acids is 16. The third kappa shape index (κ3) is 36.7. The fraction of sp³-hybridized carbons (Fsp3) is 0.626. The third-order valence-electron chi connectivity index (χ3n) is 21.0. The van der Waals surface area contributed by atoms with Gasteiger partial charge in [-0.05, 0) is 105 Å². The number of nitrogens with zero attached hydrogens (tertiary/aromatic N) is 2. The van der Waals surface area contributed by atoms with Crippen LogP contribution in [-0.4, -0.2) is 301 Å². The number of ketones is 1. The smallest absolute Gasteiger partial charge is 0.303 e. The Bertz CT molecular complexity index is 4220. The number of aliphatic hydroxyl groups excluding tert-OH is 1. The third-order valence-corrected chi connectivity index (χ3v) is 21.0. The van der Waals surface area contributed by atoms with E-state index in [2.05, 4.69) is 21.3 Å². The molecule has 3 saturated heterocycles. The Kier molecular flexibility index (Phi) is 46.8. The molecule has 0 aromatic heterocycles. The molecule has 3 heterocycles. The minimum absolute atomic E-state index is 0.0194. The molecule has 16 atom stereocenters. The number of ether oxygens (including phenoxy) is 18. The molecule has 0 spiro atoms. The van der Waals surface area contributed by atoms with Crippen LogP contribution in [-0.2, 0) is 158 Å². The molecule has 41 heteroatoms. The van der Waals surface area contributed by atoms with Crippen molar-refractivity contribution in [1.82, 2.24) is 31.1 Å². The number of methoxy groups -OCH3 is 2. The van der Waals surface area contributed by atoms with Crippen LogP contribution in [0, 0.1) is 0 Å². The Morgan fingerprint density at radius 3 is 1.08 bits per heavy atom. The summed E-state index contributed by atoms with van der Waals surface area (Å²) in [6, 6.07) is 19.8. The van der Waals surface area contributed by atoms with Gasteiger partial charge in [-0.2, -0.15) is 0 Å². The first-order valence-corrected chi connectivity index (χ1v) is 43.9. The van der Waals surface area contributed by atoms with E-state index in [1.165, 1.54) is 39.9 Å². The fourth-order valence-electron chi connectivity index (χ4n) is 15.3. The fourth-order valence-corrected chi connectivity index (χ4v) is 15.3. The van der Waals surface area contributed by atoms with Crippen LogP contribution in [0.5, 0.6) is 11.5 Å². The second-order valence-corrected chi connectivity index (χ2v) is 31.7. The van der Waals surface area contributed by atoms with Crippen molar-refractivity contribution in [2.24, 2.45) is 0 Å². The van der Waals surface area contributed by atoms with E-state index >= 15 is 4.79 Å². The summed E-state index contributed by atoms with van der Waals surface area (Å²) in [4.78, 5) is 208. The molecule has 132 heavy (non-hydrogen) atoms. The van der Waals surface area contributed by atoms with E-state index in [9.17, 15) is 77.0 Å². The molecule has 0 aliphatic carbocycles. The van der Waals surface area contributed by atoms with Crippen LogP contribution >= 0.6 is 0 Å². The number of hydrogen-bond donors (Lipinski definition) is 5. The number of carbonyl (C=O) groups is 16. The zero-order chi connectivity index (χ0) is 97.2. The second-order valence-electron chi connectivity index (χ2n) is 31.7. The van der Waals surface area contributed by atoms with Gasteiger partial charge in [0.05, 0.1) is 20.8 Å². The van der Waals surface area contributed by atoms with Crippen LogP contribution in [0.1, 0.15) is 190 Å². The predicted octanol–water partition coefficient (Wildman–Crippen LogP) is 4.20. The average molecular weight is 1870 g/mol. The first-order valence-electron chi connectivity index (χ1n) is 43.9. The standard InChI is InChI=1S/C91H128N6O35/c1-54(98)93-78-84(127-63(10)107)81(124-60(7)104)73(51-120-57(4)101)130-88(78)117-47-23-19-31-69(110)30-18-22-43-96(77(113)33-21-25-49-119-90-80(95-56(3)100)86(129-65(12)109)83(126-62(9)106)75(132-90)53-122-59(6)103)45-27-46-97(87(114)72(111)50-123-91(66-28-16-15-17-29-66,67-34-38-70(115-13)39-35-67)68-36-40-71(116-14)41-37-68)44-26-42-92-76(112)32-20-24-48-118-89-79(94-55(2)99)85(128-64(11)108)82(125-61(8)105)74(131-89)52-121-58(5)102/h15-17,28-29,34-41,72-75,78-86,88-90,111H,18-27,30-33,42-53H2,1-14H3,(H,92,112)(H,93,98)(H,94,99)(H,95,100)/t72?,73?,74?,75?,78?,79?,80?,81-,82-,83-,84+,85+,86+,88+,89+,90+/m0/s1. The Hall–Kier alpha value is -11.3. The molecule has 0 bridgehead atoms. The molecular formula is C91H128N6O35. The Labute approximate surface area is 766 Å². The number of esters is 9. The van der Waals surface area contributed by atoms with Crippen molar-refractivity contribution >= 4 is 95.0 Å². The van der Waals surface area contributed by atoms with Gasteiger partial charge in [0.2, 0.25) is 29.5 Å². The zero-order valence-electron chi connectivity index (χ0n) is 77.4. The lowest BCUT2D eigenvalue weighted by molar-refractivity contribution is -0.277. The summed E-state index contributed by atoms with van der Waals surface area (Å²) in [7, 11) is 3.05. The number of unbranched alkanes of at least 4 members (excludes halogenated alkanes) is 4. The van der Waals surface area contributed by atoms with Gasteiger partial charge >= 0.3 is 53.7 Å². The molecule has 0 radical (unpaired) electrons. The van der Waals surface area contributed by atoms with Crippen molar-refractivity contribution in [2.45, 2.75) is 277 Å². The Balaban J connectivity index is 1.22. The number of aliphatic hydroxyl groups is 1. The maximum absolute atomic E-state index is 15.2. The monoisotopic (exact) mass is 1860 g/mol. The van der Waals surface area contributed by atoms with Gasteiger partial charge in [0.1, 0.15) is 79.1 Å². The van der Waals surface area contributed by atoms with Gasteiger partial charge in [0.15, 0.2) is 61.6 Å². The summed E-state index contributed by atoms with van der Waals surface area (Å²) >= 11 is 0. The lowest BCUT2D eigenvalue weighted by Crippen LogP contribution is -2.66. The van der Waals surface area contributed by atoms with Gasteiger partial charge in [-0.15, -0.1) is 0 Å². The number of amides is 6. The van der Waals surface area contributed by atoms with E-state index in [0.717, 1.165) is 62.3 Å². The maximum atomic E-state index is 15.2. The first kappa shape index (κ1) is 109. The summed E-state index contributed by atoms with van der Waals surface area (Å²) in [5, 5.41) is 23.2. The van der Waals surface area contributed by atoms with Crippen LogP contribution in [0.4, 0.5) is 0 Å². The van der Waals surface area contributed by atoms with E-state index in [-0.39, 0.29) is 141 Å². The number of nitrogens with one attached hydrogen (secondary N) is 4. The molecule has 7 unspecified atom stereocenters. The Morgan fingerprint density at radius 2 is 0.712 bits per heavy atom. The normalized spacial score (nSPS) is 21.7. The van der Waals surface area contributed by atoms with Gasteiger partial charge in [0.25, 0.3) is 5.91 Å². The molecule has 6 rings (SSSR count). The molecule has 3 aromatic rings. The second kappa shape index (κ2) is 56.5. The SMILES string of the molecule is COc1ccc(C(OCC(O)C(=O)N(CCCNC(=O)CCCCO[C@@H]2OC(COC(C)=O)[C@H](OC(C)=O)[C@H](OC(C)=O)C2NC(C)=O)CCCN(CCCCC(=O)CCCCO[C@@H]2OC(COC(C)=O)[C@H](OC(C)=O)[C@H](OC(C)=O)C2NC(C)=O)C(=O)CCCCO[C@@H]2OC(COC(C)=O)[C@H](OC(C)=O)[C@H](OC(C)=O)C2NC(C)=O)(c2ccccc2)c2ccc(OC)cc2)cc1. The average Bonchev–Trinajstić information content (AvgIpc) is 0.748. The Morgan fingerprint density at radius 1 is 0.379 bits per heavy atom. The van der Waals surface area contributed by atoms with Gasteiger partial charge in [-0.25, -0.2) is 0 Å². The van der Waals surface area contributed by atoms with Crippen LogP contribution in [0.15, 0.2) is 78.9 Å². The molecule has 6 amide bonds. The van der Waals surface area contributed by atoms with Crippen molar-refractivity contribution in [3.05, 3.63) is 95.6 Å². The molecule has 3 aliphatic rings. The van der Waals surface area contributed by atoms with E-state index < -0.39 is 207 Å². The van der Waals surface area contributed by atoms with Crippen LogP contribution in [0.3, 0.4) is 0 Å². The van der Waals surface area contributed by atoms with Crippen molar-refractivity contribution < 1.29 is 167 Å². The molecule has 732 valence electrons. The summed E-state index contributed by atoms with van der Waals surface area (Å²) in [5.74, 6) is -9.13. The lowest BCUT2D eigenvalue weighted by atomic mass is 9.80. The van der Waals surface area contributed by atoms with E-state index in [0.29, 0.717) is 47.5 Å². The largest absolute Gasteiger partial charge is 0.497 e. The highest BCUT2D eigenvalue weighted by molar-refractivity contribution is 5.82. The summed E-state index contributed by atoms with van der Waals surface area (Å²) in [5.41, 5.74) is 0.375. The van der Waals surface area contributed by atoms with Crippen LogP contribution in [0.2, 0.25) is 0 Å². The van der Waals surface area contributed by atoms with Gasteiger partial charge < -0.3 is 121 Å². The topological polar surface area (TPSA) is 514 Å². The molecule has 3 fully saturated rings. The molecule has 5 N–H and O–H groups in total. The minimum Gasteiger partial charge on any atom is -0.497 e.